The van der Waals surface area contributed by atoms with E-state index < -0.39 is 24.5 Å². The Hall–Kier alpha value is -0.940. The van der Waals surface area contributed by atoms with Gasteiger partial charge in [0.2, 0.25) is 0 Å². The molecule has 0 atom stereocenters. The molecule has 0 aliphatic rings. The lowest BCUT2D eigenvalue weighted by Gasteiger charge is -2.22. The largest absolute Gasteiger partial charge is 0.394 e. The fourth-order valence-electron chi connectivity index (χ4n) is 1.07. The van der Waals surface area contributed by atoms with Crippen LogP contribution in [0.25, 0.3) is 0 Å². The van der Waals surface area contributed by atoms with E-state index in [0.29, 0.717) is 5.56 Å². The second-order valence-electron chi connectivity index (χ2n) is 3.17. The number of rotatable bonds is 4. The highest BCUT2D eigenvalue weighted by Gasteiger charge is 2.33. The smallest absolute Gasteiger partial charge is 0.187 e. The molecular formula is C10H14ClNO3. The Morgan fingerprint density at radius 1 is 1.20 bits per heavy atom. The number of aliphatic hydroxyl groups is 2. The molecule has 0 aliphatic carbocycles. The molecule has 0 aliphatic heterocycles. The van der Waals surface area contributed by atoms with Crippen molar-refractivity contribution in [3.63, 3.8) is 0 Å². The van der Waals surface area contributed by atoms with E-state index in [1.807, 2.05) is 0 Å². The number of halogens is 1. The standard InChI is InChI=1S/C10H13NO3.ClH/c11-10(6-12,7-13)9(14)8-4-2-1-3-5-8;/h1-5,12-13H,6-7,11H2;1H. The summed E-state index contributed by atoms with van der Waals surface area (Å²) in [5.74, 6) is -0.455. The summed E-state index contributed by atoms with van der Waals surface area (Å²) in [6.45, 7) is -1.14. The minimum Gasteiger partial charge on any atom is -0.394 e. The van der Waals surface area contributed by atoms with Crippen LogP contribution in [0, 0.1) is 0 Å². The fourth-order valence-corrected chi connectivity index (χ4v) is 1.07. The van der Waals surface area contributed by atoms with Crippen LogP contribution in [-0.2, 0) is 0 Å². The van der Waals surface area contributed by atoms with Crippen molar-refractivity contribution in [3.05, 3.63) is 35.9 Å². The Labute approximate surface area is 94.1 Å². The molecule has 0 saturated heterocycles. The van der Waals surface area contributed by atoms with Crippen molar-refractivity contribution in [3.8, 4) is 0 Å². The first-order valence-corrected chi connectivity index (χ1v) is 4.24. The molecule has 1 aromatic carbocycles. The van der Waals surface area contributed by atoms with E-state index >= 15 is 0 Å². The van der Waals surface area contributed by atoms with Gasteiger partial charge in [0, 0.05) is 5.56 Å². The zero-order valence-electron chi connectivity index (χ0n) is 8.09. The molecule has 0 unspecified atom stereocenters. The van der Waals surface area contributed by atoms with Gasteiger partial charge in [0.05, 0.1) is 13.2 Å². The van der Waals surface area contributed by atoms with Crippen LogP contribution < -0.4 is 5.73 Å². The van der Waals surface area contributed by atoms with Crippen LogP contribution >= 0.6 is 12.4 Å². The maximum absolute atomic E-state index is 11.7. The van der Waals surface area contributed by atoms with Gasteiger partial charge in [-0.1, -0.05) is 30.3 Å². The topological polar surface area (TPSA) is 83.6 Å². The van der Waals surface area contributed by atoms with E-state index in [4.69, 9.17) is 15.9 Å². The number of hydrogen-bond acceptors (Lipinski definition) is 4. The molecule has 4 nitrogen and oxygen atoms in total. The molecule has 0 radical (unpaired) electrons. The third-order valence-electron chi connectivity index (χ3n) is 2.05. The van der Waals surface area contributed by atoms with Gasteiger partial charge < -0.3 is 15.9 Å². The first-order chi connectivity index (χ1) is 6.64. The van der Waals surface area contributed by atoms with E-state index in [0.717, 1.165) is 0 Å². The summed E-state index contributed by atoms with van der Waals surface area (Å²) in [6.07, 6.45) is 0. The van der Waals surface area contributed by atoms with Crippen molar-refractivity contribution in [2.24, 2.45) is 5.73 Å². The summed E-state index contributed by atoms with van der Waals surface area (Å²) in [7, 11) is 0. The number of Topliss-reactive ketones (excluding diaryl/α,β-unsaturated/α-hetero) is 1. The number of nitrogens with two attached hydrogens (primary N) is 1. The van der Waals surface area contributed by atoms with Crippen LogP contribution in [0.15, 0.2) is 30.3 Å². The molecular weight excluding hydrogens is 218 g/mol. The number of hydrogen-bond donors (Lipinski definition) is 3. The molecule has 0 amide bonds. The third-order valence-corrected chi connectivity index (χ3v) is 2.05. The maximum Gasteiger partial charge on any atom is 0.187 e. The molecule has 5 heteroatoms. The van der Waals surface area contributed by atoms with Crippen molar-refractivity contribution in [2.75, 3.05) is 13.2 Å². The lowest BCUT2D eigenvalue weighted by molar-refractivity contribution is 0.0686. The number of ketones is 1. The van der Waals surface area contributed by atoms with Gasteiger partial charge in [0.25, 0.3) is 0 Å². The molecule has 0 saturated carbocycles. The summed E-state index contributed by atoms with van der Waals surface area (Å²) < 4.78 is 0. The lowest BCUT2D eigenvalue weighted by Crippen LogP contribution is -2.54. The quantitative estimate of drug-likeness (QED) is 0.636. The Kier molecular flexibility index (Phi) is 5.46. The normalized spacial score (nSPS) is 10.6. The highest BCUT2D eigenvalue weighted by atomic mass is 35.5. The van der Waals surface area contributed by atoms with Crippen LogP contribution in [0.4, 0.5) is 0 Å². The van der Waals surface area contributed by atoms with E-state index in [1.165, 1.54) is 0 Å². The number of carbonyl (C=O) groups is 1. The van der Waals surface area contributed by atoms with E-state index in [-0.39, 0.29) is 12.4 Å². The van der Waals surface area contributed by atoms with Gasteiger partial charge in [-0.05, 0) is 0 Å². The average molecular weight is 232 g/mol. The predicted octanol–water partition coefficient (Wildman–Crippen LogP) is -0.0268. The average Bonchev–Trinajstić information content (AvgIpc) is 2.28. The van der Waals surface area contributed by atoms with Gasteiger partial charge in [-0.3, -0.25) is 4.79 Å². The number of benzene rings is 1. The maximum atomic E-state index is 11.7. The molecule has 15 heavy (non-hydrogen) atoms. The molecule has 0 bridgehead atoms. The van der Waals surface area contributed by atoms with Crippen molar-refractivity contribution in [1.29, 1.82) is 0 Å². The molecule has 1 aromatic rings. The Balaban J connectivity index is 0.00000196. The van der Waals surface area contributed by atoms with Crippen LogP contribution in [0.1, 0.15) is 10.4 Å². The Morgan fingerprint density at radius 3 is 2.07 bits per heavy atom. The van der Waals surface area contributed by atoms with Crippen molar-refractivity contribution in [2.45, 2.75) is 5.54 Å². The summed E-state index contributed by atoms with van der Waals surface area (Å²) in [5, 5.41) is 17.8. The molecule has 0 spiro atoms. The van der Waals surface area contributed by atoms with E-state index in [1.54, 1.807) is 30.3 Å². The molecule has 84 valence electrons. The molecule has 0 heterocycles. The van der Waals surface area contributed by atoms with Gasteiger partial charge in [-0.15, -0.1) is 12.4 Å². The van der Waals surface area contributed by atoms with E-state index in [9.17, 15) is 4.79 Å². The van der Waals surface area contributed by atoms with Gasteiger partial charge in [-0.25, -0.2) is 0 Å². The summed E-state index contributed by atoms with van der Waals surface area (Å²) >= 11 is 0. The predicted molar refractivity (Wildman–Crippen MR) is 59.1 cm³/mol. The van der Waals surface area contributed by atoms with Crippen LogP contribution in [0.2, 0.25) is 0 Å². The Morgan fingerprint density at radius 2 is 1.67 bits per heavy atom. The van der Waals surface area contributed by atoms with E-state index in [2.05, 4.69) is 0 Å². The molecule has 0 aromatic heterocycles. The molecule has 1 rings (SSSR count). The SMILES string of the molecule is Cl.NC(CO)(CO)C(=O)c1ccccc1. The van der Waals surface area contributed by atoms with Crippen LogP contribution in [0.5, 0.6) is 0 Å². The van der Waals surface area contributed by atoms with Gasteiger partial charge >= 0.3 is 0 Å². The first-order valence-electron chi connectivity index (χ1n) is 4.24. The molecule has 0 fully saturated rings. The second-order valence-corrected chi connectivity index (χ2v) is 3.17. The zero-order chi connectivity index (χ0) is 10.6. The summed E-state index contributed by atoms with van der Waals surface area (Å²) in [6, 6.07) is 8.35. The van der Waals surface area contributed by atoms with Crippen LogP contribution in [0.3, 0.4) is 0 Å². The van der Waals surface area contributed by atoms with Crippen molar-refractivity contribution >= 4 is 18.2 Å². The zero-order valence-corrected chi connectivity index (χ0v) is 8.91. The minimum absolute atomic E-state index is 0. The van der Waals surface area contributed by atoms with Crippen molar-refractivity contribution in [1.82, 2.24) is 0 Å². The highest BCUT2D eigenvalue weighted by Crippen LogP contribution is 2.10. The molecule has 4 N–H and O–H groups in total. The fraction of sp³-hybridized carbons (Fsp3) is 0.300. The summed E-state index contributed by atoms with van der Waals surface area (Å²) in [5.41, 5.74) is 4.33. The second kappa shape index (κ2) is 5.82. The minimum atomic E-state index is -1.58. The number of carbonyl (C=O) groups excluding carboxylic acids is 1. The first kappa shape index (κ1) is 14.1. The van der Waals surface area contributed by atoms with Gasteiger partial charge in [-0.2, -0.15) is 0 Å². The van der Waals surface area contributed by atoms with Gasteiger partial charge in [0.1, 0.15) is 5.54 Å². The summed E-state index contributed by atoms with van der Waals surface area (Å²) in [4.78, 5) is 11.7. The lowest BCUT2D eigenvalue weighted by atomic mass is 9.92. The monoisotopic (exact) mass is 231 g/mol. The highest BCUT2D eigenvalue weighted by molar-refractivity contribution is 6.03. The Bertz CT molecular complexity index is 312. The van der Waals surface area contributed by atoms with Crippen molar-refractivity contribution < 1.29 is 15.0 Å². The van der Waals surface area contributed by atoms with Crippen LogP contribution in [-0.4, -0.2) is 34.7 Å². The third kappa shape index (κ3) is 3.00. The number of aliphatic hydroxyl groups excluding tert-OH is 2. The van der Waals surface area contributed by atoms with Gasteiger partial charge in [0.15, 0.2) is 5.78 Å².